The first-order valence-corrected chi connectivity index (χ1v) is 6.88. The number of carboxylic acid groups (broad SMARTS) is 1. The van der Waals surface area contributed by atoms with E-state index in [9.17, 15) is 9.59 Å². The molecule has 0 radical (unpaired) electrons. The minimum absolute atomic E-state index is 0.0926. The van der Waals surface area contributed by atoms with Gasteiger partial charge in [0.15, 0.2) is 0 Å². The average Bonchev–Trinajstić information content (AvgIpc) is 2.73. The number of hydrogen-bond donors (Lipinski definition) is 1. The maximum Gasteiger partial charge on any atom is 0.410 e. The third-order valence-electron chi connectivity index (χ3n) is 2.17. The lowest BCUT2D eigenvalue weighted by Gasteiger charge is -2.26. The van der Waals surface area contributed by atoms with E-state index in [0.29, 0.717) is 6.54 Å². The van der Waals surface area contributed by atoms with E-state index < -0.39 is 17.7 Å². The Morgan fingerprint density at radius 2 is 2.11 bits per heavy atom. The highest BCUT2D eigenvalue weighted by atomic mass is 32.1. The molecule has 0 saturated carbocycles. The Balaban J connectivity index is 2.68. The summed E-state index contributed by atoms with van der Waals surface area (Å²) in [6.07, 6.45) is -0.577. The summed E-state index contributed by atoms with van der Waals surface area (Å²) in [5.41, 5.74) is -0.589. The Hall–Kier alpha value is -1.56. The Kier molecular flexibility index (Phi) is 5.35. The fraction of sp³-hybridized carbons (Fsp3) is 0.538. The second-order valence-corrected chi connectivity index (χ2v) is 6.16. The van der Waals surface area contributed by atoms with Crippen molar-refractivity contribution in [2.24, 2.45) is 0 Å². The van der Waals surface area contributed by atoms with Crippen LogP contribution >= 0.6 is 11.3 Å². The van der Waals surface area contributed by atoms with Gasteiger partial charge in [-0.2, -0.15) is 0 Å². The molecule has 19 heavy (non-hydrogen) atoms. The topological polar surface area (TPSA) is 66.8 Å². The van der Waals surface area contributed by atoms with Gasteiger partial charge in [-0.15, -0.1) is 11.3 Å². The third-order valence-corrected chi connectivity index (χ3v) is 3.04. The second kappa shape index (κ2) is 6.56. The minimum atomic E-state index is -0.931. The van der Waals surface area contributed by atoms with Crippen molar-refractivity contribution in [3.8, 4) is 0 Å². The molecule has 1 amide bonds. The van der Waals surface area contributed by atoms with Crippen LogP contribution in [0.5, 0.6) is 0 Å². The van der Waals surface area contributed by atoms with Crippen LogP contribution in [0.2, 0.25) is 0 Å². The van der Waals surface area contributed by atoms with E-state index in [1.54, 1.807) is 20.8 Å². The summed E-state index contributed by atoms with van der Waals surface area (Å²) in [5.74, 6) is -0.931. The first-order chi connectivity index (χ1) is 8.78. The lowest BCUT2D eigenvalue weighted by atomic mass is 10.2. The zero-order chi connectivity index (χ0) is 14.5. The van der Waals surface area contributed by atoms with Gasteiger partial charge in [-0.25, -0.2) is 4.79 Å². The molecule has 0 fully saturated rings. The molecule has 0 aromatic carbocycles. The third kappa shape index (κ3) is 6.24. The van der Waals surface area contributed by atoms with E-state index in [1.807, 2.05) is 17.5 Å². The molecule has 1 N–H and O–H groups in total. The summed E-state index contributed by atoms with van der Waals surface area (Å²) >= 11 is 1.52. The molecule has 1 aromatic rings. The summed E-state index contributed by atoms with van der Waals surface area (Å²) in [4.78, 5) is 25.1. The van der Waals surface area contributed by atoms with Gasteiger partial charge in [0.25, 0.3) is 0 Å². The summed E-state index contributed by atoms with van der Waals surface area (Å²) in [5, 5.41) is 10.6. The highest BCUT2D eigenvalue weighted by Gasteiger charge is 2.22. The number of aliphatic carboxylic acids is 1. The van der Waals surface area contributed by atoms with E-state index in [-0.39, 0.29) is 13.0 Å². The fourth-order valence-electron chi connectivity index (χ4n) is 1.38. The Morgan fingerprint density at radius 3 is 2.58 bits per heavy atom. The minimum Gasteiger partial charge on any atom is -0.481 e. The zero-order valence-corrected chi connectivity index (χ0v) is 12.2. The molecule has 1 rings (SSSR count). The van der Waals surface area contributed by atoms with Crippen LogP contribution in [0, 0.1) is 0 Å². The van der Waals surface area contributed by atoms with Gasteiger partial charge in [-0.3, -0.25) is 4.79 Å². The second-order valence-electron chi connectivity index (χ2n) is 5.12. The van der Waals surface area contributed by atoms with Gasteiger partial charge in [0.05, 0.1) is 13.0 Å². The number of thiophene rings is 1. The number of rotatable bonds is 5. The molecule has 5 nitrogen and oxygen atoms in total. The van der Waals surface area contributed by atoms with Gasteiger partial charge in [0.1, 0.15) is 5.60 Å². The molecule has 1 heterocycles. The molecule has 0 atom stereocenters. The summed E-state index contributed by atoms with van der Waals surface area (Å²) in [6, 6.07) is 3.80. The average molecular weight is 285 g/mol. The van der Waals surface area contributed by atoms with E-state index in [0.717, 1.165) is 4.88 Å². The van der Waals surface area contributed by atoms with Crippen LogP contribution in [0.1, 0.15) is 32.1 Å². The van der Waals surface area contributed by atoms with Crippen LogP contribution in [0.15, 0.2) is 17.5 Å². The Labute approximate surface area is 116 Å². The predicted molar refractivity (Wildman–Crippen MR) is 73.2 cm³/mol. The fourth-order valence-corrected chi connectivity index (χ4v) is 2.10. The number of hydrogen-bond acceptors (Lipinski definition) is 4. The van der Waals surface area contributed by atoms with Crippen molar-refractivity contribution in [1.29, 1.82) is 0 Å². The Morgan fingerprint density at radius 1 is 1.42 bits per heavy atom. The van der Waals surface area contributed by atoms with Gasteiger partial charge in [0, 0.05) is 11.4 Å². The molecule has 106 valence electrons. The van der Waals surface area contributed by atoms with Crippen molar-refractivity contribution in [2.45, 2.75) is 39.3 Å². The van der Waals surface area contributed by atoms with Gasteiger partial charge in [-0.1, -0.05) is 6.07 Å². The molecule has 0 aliphatic heterocycles. The van der Waals surface area contributed by atoms with E-state index >= 15 is 0 Å². The van der Waals surface area contributed by atoms with Gasteiger partial charge in [-0.05, 0) is 32.2 Å². The molecule has 0 aliphatic rings. The van der Waals surface area contributed by atoms with Crippen molar-refractivity contribution in [1.82, 2.24) is 4.90 Å². The van der Waals surface area contributed by atoms with Crippen molar-refractivity contribution < 1.29 is 19.4 Å². The van der Waals surface area contributed by atoms with E-state index in [4.69, 9.17) is 9.84 Å². The molecule has 0 bridgehead atoms. The molecule has 1 aromatic heterocycles. The number of ether oxygens (including phenoxy) is 1. The maximum atomic E-state index is 12.0. The number of carbonyl (C=O) groups excluding carboxylic acids is 1. The van der Waals surface area contributed by atoms with Crippen molar-refractivity contribution in [3.05, 3.63) is 22.4 Å². The smallest absolute Gasteiger partial charge is 0.410 e. The molecule has 0 spiro atoms. The van der Waals surface area contributed by atoms with E-state index in [1.165, 1.54) is 16.2 Å². The number of amides is 1. The molecule has 0 unspecified atom stereocenters. The van der Waals surface area contributed by atoms with Gasteiger partial charge in [0.2, 0.25) is 0 Å². The van der Waals surface area contributed by atoms with Crippen molar-refractivity contribution >= 4 is 23.4 Å². The lowest BCUT2D eigenvalue weighted by molar-refractivity contribution is -0.137. The first kappa shape index (κ1) is 15.5. The number of carboxylic acids is 1. The van der Waals surface area contributed by atoms with Crippen LogP contribution in [0.4, 0.5) is 4.79 Å². The molecule has 6 heteroatoms. The number of carbonyl (C=O) groups is 2. The van der Waals surface area contributed by atoms with Crippen LogP contribution in [0.3, 0.4) is 0 Å². The monoisotopic (exact) mass is 285 g/mol. The largest absolute Gasteiger partial charge is 0.481 e. The van der Waals surface area contributed by atoms with Gasteiger partial charge < -0.3 is 14.7 Å². The van der Waals surface area contributed by atoms with Crippen LogP contribution in [-0.4, -0.2) is 34.2 Å². The summed E-state index contributed by atoms with van der Waals surface area (Å²) in [6.45, 7) is 5.87. The quantitative estimate of drug-likeness (QED) is 0.903. The zero-order valence-electron chi connectivity index (χ0n) is 11.4. The van der Waals surface area contributed by atoms with E-state index in [2.05, 4.69) is 0 Å². The molecule has 0 aliphatic carbocycles. The summed E-state index contributed by atoms with van der Waals surface area (Å²) < 4.78 is 5.28. The van der Waals surface area contributed by atoms with Crippen LogP contribution < -0.4 is 0 Å². The Bertz CT molecular complexity index is 422. The highest BCUT2D eigenvalue weighted by molar-refractivity contribution is 7.09. The maximum absolute atomic E-state index is 12.0. The first-order valence-electron chi connectivity index (χ1n) is 6.00. The number of nitrogens with zero attached hydrogens (tertiary/aromatic N) is 1. The highest BCUT2D eigenvalue weighted by Crippen LogP contribution is 2.16. The van der Waals surface area contributed by atoms with Gasteiger partial charge >= 0.3 is 12.1 Å². The van der Waals surface area contributed by atoms with Crippen LogP contribution in [0.25, 0.3) is 0 Å². The molecular formula is C13H19NO4S. The molecule has 0 saturated heterocycles. The summed E-state index contributed by atoms with van der Waals surface area (Å²) in [7, 11) is 0. The SMILES string of the molecule is CC(C)(C)OC(=O)N(CCC(=O)O)Cc1cccs1. The van der Waals surface area contributed by atoms with Crippen molar-refractivity contribution in [2.75, 3.05) is 6.54 Å². The standard InChI is InChI=1S/C13H19NO4S/c1-13(2,3)18-12(17)14(7-6-11(15)16)9-10-5-4-8-19-10/h4-5,8H,6-7,9H2,1-3H3,(H,15,16). The normalized spacial score (nSPS) is 11.1. The lowest BCUT2D eigenvalue weighted by Crippen LogP contribution is -2.37. The molecular weight excluding hydrogens is 266 g/mol. The van der Waals surface area contributed by atoms with Crippen molar-refractivity contribution in [3.63, 3.8) is 0 Å². The predicted octanol–water partition coefficient (Wildman–Crippen LogP) is 2.96. The van der Waals surface area contributed by atoms with Crippen LogP contribution in [-0.2, 0) is 16.1 Å².